The van der Waals surface area contributed by atoms with Crippen molar-refractivity contribution in [2.24, 2.45) is 0 Å². The summed E-state index contributed by atoms with van der Waals surface area (Å²) in [6.45, 7) is 7.83. The molecule has 1 aromatic rings. The van der Waals surface area contributed by atoms with E-state index in [2.05, 4.69) is 28.0 Å². The lowest BCUT2D eigenvalue weighted by atomic mass is 9.96. The van der Waals surface area contributed by atoms with Gasteiger partial charge in [-0.3, -0.25) is 0 Å². The van der Waals surface area contributed by atoms with Crippen molar-refractivity contribution < 1.29 is 4.74 Å². The van der Waals surface area contributed by atoms with E-state index in [1.165, 1.54) is 32.1 Å². The molecule has 1 atom stereocenters. The maximum absolute atomic E-state index is 5.62. The lowest BCUT2D eigenvalue weighted by molar-refractivity contribution is 0.0643. The van der Waals surface area contributed by atoms with Crippen LogP contribution >= 0.6 is 0 Å². The van der Waals surface area contributed by atoms with Crippen LogP contribution in [0.4, 0.5) is 5.95 Å². The first-order chi connectivity index (χ1) is 9.19. The van der Waals surface area contributed by atoms with Crippen molar-refractivity contribution >= 4 is 5.95 Å². The van der Waals surface area contributed by atoms with Crippen LogP contribution < -0.4 is 5.32 Å². The third kappa shape index (κ3) is 4.23. The lowest BCUT2D eigenvalue weighted by Gasteiger charge is -2.24. The second-order valence-electron chi connectivity index (χ2n) is 5.60. The predicted octanol–water partition coefficient (Wildman–Crippen LogP) is 3.36. The SMILES string of the molecule is CCOC(C)Cn1cc(C)nc1NC1CCCCC1. The van der Waals surface area contributed by atoms with Crippen LogP contribution in [0.2, 0.25) is 0 Å². The van der Waals surface area contributed by atoms with Crippen LogP contribution in [0.3, 0.4) is 0 Å². The zero-order chi connectivity index (χ0) is 13.7. The van der Waals surface area contributed by atoms with Crippen molar-refractivity contribution in [1.29, 1.82) is 0 Å². The predicted molar refractivity (Wildman–Crippen MR) is 78.5 cm³/mol. The first-order valence-corrected chi connectivity index (χ1v) is 7.61. The van der Waals surface area contributed by atoms with E-state index in [1.807, 2.05) is 13.8 Å². The molecule has 4 nitrogen and oxygen atoms in total. The maximum atomic E-state index is 5.62. The van der Waals surface area contributed by atoms with Gasteiger partial charge in [0.25, 0.3) is 0 Å². The second kappa shape index (κ2) is 6.94. The number of aryl methyl sites for hydroxylation is 1. The molecular weight excluding hydrogens is 238 g/mol. The number of aromatic nitrogens is 2. The zero-order valence-electron chi connectivity index (χ0n) is 12.5. The van der Waals surface area contributed by atoms with E-state index in [9.17, 15) is 0 Å². The van der Waals surface area contributed by atoms with Gasteiger partial charge in [-0.1, -0.05) is 19.3 Å². The number of rotatable bonds is 6. The maximum Gasteiger partial charge on any atom is 0.203 e. The number of hydrogen-bond acceptors (Lipinski definition) is 3. The molecule has 0 radical (unpaired) electrons. The summed E-state index contributed by atoms with van der Waals surface area (Å²) in [5.74, 6) is 1.01. The van der Waals surface area contributed by atoms with Gasteiger partial charge in [-0.05, 0) is 33.6 Å². The number of hydrogen-bond donors (Lipinski definition) is 1. The minimum atomic E-state index is 0.227. The summed E-state index contributed by atoms with van der Waals surface area (Å²) in [7, 11) is 0. The molecular formula is C15H27N3O. The Morgan fingerprint density at radius 2 is 2.16 bits per heavy atom. The minimum Gasteiger partial charge on any atom is -0.377 e. The van der Waals surface area contributed by atoms with Gasteiger partial charge in [-0.15, -0.1) is 0 Å². The van der Waals surface area contributed by atoms with E-state index in [-0.39, 0.29) is 6.10 Å². The molecule has 2 rings (SSSR count). The molecule has 0 spiro atoms. The molecule has 1 unspecified atom stereocenters. The van der Waals surface area contributed by atoms with Crippen LogP contribution in [0.5, 0.6) is 0 Å². The summed E-state index contributed by atoms with van der Waals surface area (Å²) >= 11 is 0. The first kappa shape index (κ1) is 14.4. The molecule has 1 aromatic heterocycles. The average Bonchev–Trinajstić information content (AvgIpc) is 2.71. The van der Waals surface area contributed by atoms with Gasteiger partial charge in [0.15, 0.2) is 0 Å². The summed E-state index contributed by atoms with van der Waals surface area (Å²) in [5, 5.41) is 3.61. The summed E-state index contributed by atoms with van der Waals surface area (Å²) in [6, 6.07) is 0.594. The highest BCUT2D eigenvalue weighted by Gasteiger charge is 2.16. The van der Waals surface area contributed by atoms with E-state index in [4.69, 9.17) is 4.74 Å². The summed E-state index contributed by atoms with van der Waals surface area (Å²) < 4.78 is 7.82. The van der Waals surface area contributed by atoms with Gasteiger partial charge in [0.2, 0.25) is 5.95 Å². The smallest absolute Gasteiger partial charge is 0.203 e. The molecule has 1 aliphatic rings. The molecule has 4 heteroatoms. The molecule has 1 aliphatic carbocycles. The Balaban J connectivity index is 1.98. The standard InChI is InChI=1S/C15H27N3O/c1-4-19-13(3)11-18-10-12(2)16-15(18)17-14-8-6-5-7-9-14/h10,13-14H,4-9,11H2,1-3H3,(H,16,17). The Labute approximate surface area is 116 Å². The lowest BCUT2D eigenvalue weighted by Crippen LogP contribution is -2.25. The van der Waals surface area contributed by atoms with Gasteiger partial charge < -0.3 is 14.6 Å². The Morgan fingerprint density at radius 1 is 1.42 bits per heavy atom. The Bertz CT molecular complexity index is 383. The largest absolute Gasteiger partial charge is 0.377 e. The molecule has 0 saturated heterocycles. The topological polar surface area (TPSA) is 39.1 Å². The van der Waals surface area contributed by atoms with Crippen LogP contribution in [0, 0.1) is 6.92 Å². The highest BCUT2D eigenvalue weighted by atomic mass is 16.5. The number of ether oxygens (including phenoxy) is 1. The fraction of sp³-hybridized carbons (Fsp3) is 0.800. The Hall–Kier alpha value is -1.03. The van der Waals surface area contributed by atoms with Crippen LogP contribution in [-0.2, 0) is 11.3 Å². The monoisotopic (exact) mass is 265 g/mol. The zero-order valence-corrected chi connectivity index (χ0v) is 12.5. The summed E-state index contributed by atoms with van der Waals surface area (Å²) in [5.41, 5.74) is 1.07. The van der Waals surface area contributed by atoms with Gasteiger partial charge in [0, 0.05) is 18.8 Å². The van der Waals surface area contributed by atoms with Gasteiger partial charge >= 0.3 is 0 Å². The number of imidazole rings is 1. The fourth-order valence-electron chi connectivity index (χ4n) is 2.84. The molecule has 19 heavy (non-hydrogen) atoms. The summed E-state index contributed by atoms with van der Waals surface area (Å²) in [4.78, 5) is 4.61. The highest BCUT2D eigenvalue weighted by molar-refractivity contribution is 5.30. The average molecular weight is 265 g/mol. The number of nitrogens with zero attached hydrogens (tertiary/aromatic N) is 2. The Kier molecular flexibility index (Phi) is 5.25. The van der Waals surface area contributed by atoms with Gasteiger partial charge in [-0.2, -0.15) is 0 Å². The minimum absolute atomic E-state index is 0.227. The molecule has 108 valence electrons. The molecule has 1 saturated carbocycles. The first-order valence-electron chi connectivity index (χ1n) is 7.61. The van der Waals surface area contributed by atoms with Gasteiger partial charge in [0.1, 0.15) is 0 Å². The van der Waals surface area contributed by atoms with E-state index < -0.39 is 0 Å². The van der Waals surface area contributed by atoms with E-state index >= 15 is 0 Å². The van der Waals surface area contributed by atoms with Crippen molar-refractivity contribution in [1.82, 2.24) is 9.55 Å². The second-order valence-corrected chi connectivity index (χ2v) is 5.60. The highest BCUT2D eigenvalue weighted by Crippen LogP contribution is 2.21. The van der Waals surface area contributed by atoms with Crippen LogP contribution in [-0.4, -0.2) is 28.3 Å². The molecule has 0 aliphatic heterocycles. The van der Waals surface area contributed by atoms with Crippen LogP contribution in [0.15, 0.2) is 6.20 Å². The van der Waals surface area contributed by atoms with Crippen LogP contribution in [0.1, 0.15) is 51.6 Å². The van der Waals surface area contributed by atoms with Crippen molar-refractivity contribution in [3.05, 3.63) is 11.9 Å². The van der Waals surface area contributed by atoms with Crippen LogP contribution in [0.25, 0.3) is 0 Å². The molecule has 1 N–H and O–H groups in total. The number of nitrogens with one attached hydrogen (secondary N) is 1. The van der Waals surface area contributed by atoms with Crippen molar-refractivity contribution in [2.75, 3.05) is 11.9 Å². The van der Waals surface area contributed by atoms with Gasteiger partial charge in [-0.25, -0.2) is 4.98 Å². The van der Waals surface area contributed by atoms with Crippen molar-refractivity contribution in [3.63, 3.8) is 0 Å². The third-order valence-electron chi connectivity index (χ3n) is 3.74. The van der Waals surface area contributed by atoms with E-state index in [0.29, 0.717) is 6.04 Å². The third-order valence-corrected chi connectivity index (χ3v) is 3.74. The van der Waals surface area contributed by atoms with E-state index in [1.54, 1.807) is 0 Å². The molecule has 1 heterocycles. The van der Waals surface area contributed by atoms with Crippen molar-refractivity contribution in [2.45, 2.75) is 71.6 Å². The number of anilines is 1. The fourth-order valence-corrected chi connectivity index (χ4v) is 2.84. The van der Waals surface area contributed by atoms with Crippen molar-refractivity contribution in [3.8, 4) is 0 Å². The van der Waals surface area contributed by atoms with E-state index in [0.717, 1.165) is 24.8 Å². The molecule has 0 aromatic carbocycles. The van der Waals surface area contributed by atoms with Gasteiger partial charge in [0.05, 0.1) is 18.3 Å². The normalized spacial score (nSPS) is 18.5. The Morgan fingerprint density at radius 3 is 2.84 bits per heavy atom. The summed E-state index contributed by atoms with van der Waals surface area (Å²) in [6.07, 6.45) is 8.94. The molecule has 0 amide bonds. The molecule has 0 bridgehead atoms. The molecule has 1 fully saturated rings. The quantitative estimate of drug-likeness (QED) is 0.857.